The molecule has 0 fully saturated rings. The zero-order chi connectivity index (χ0) is 15.6. The van der Waals surface area contributed by atoms with Crippen LogP contribution in [0.5, 0.6) is 0 Å². The van der Waals surface area contributed by atoms with Gasteiger partial charge in [0.25, 0.3) is 0 Å². The van der Waals surface area contributed by atoms with E-state index < -0.39 is 23.0 Å². The van der Waals surface area contributed by atoms with Crippen molar-refractivity contribution in [1.29, 1.82) is 0 Å². The molecule has 3 N–H and O–H groups in total. The Bertz CT molecular complexity index is 718. The Balaban J connectivity index is 2.52. The number of allylic oxidation sites excluding steroid dienone is 4. The van der Waals surface area contributed by atoms with Crippen molar-refractivity contribution < 1.29 is 13.6 Å². The highest BCUT2D eigenvalue weighted by atomic mass is 19.1. The Kier molecular flexibility index (Phi) is 3.98. The predicted octanol–water partition coefficient (Wildman–Crippen LogP) is 2.71. The minimum Gasteiger partial charge on any atom is -0.396 e. The van der Waals surface area contributed by atoms with Crippen LogP contribution in [0.1, 0.15) is 17.3 Å². The Hall–Kier alpha value is -2.76. The molecule has 0 saturated heterocycles. The Morgan fingerprint density at radius 3 is 2.81 bits per heavy atom. The van der Waals surface area contributed by atoms with Gasteiger partial charge in [-0.25, -0.2) is 8.78 Å². The number of nitrogens with one attached hydrogen (secondary N) is 1. The molecule has 0 aromatic heterocycles. The minimum atomic E-state index is -1.08. The number of rotatable bonds is 2. The zero-order valence-corrected chi connectivity index (χ0v) is 11.3. The number of carbonyl (C=O) groups is 1. The van der Waals surface area contributed by atoms with Gasteiger partial charge in [-0.3, -0.25) is 10.2 Å². The lowest BCUT2D eigenvalue weighted by Gasteiger charge is -2.11. The molecule has 21 heavy (non-hydrogen) atoms. The van der Waals surface area contributed by atoms with Crippen LogP contribution >= 0.6 is 0 Å². The van der Waals surface area contributed by atoms with Crippen molar-refractivity contribution in [3.05, 3.63) is 64.9 Å². The molecule has 0 spiro atoms. The normalized spacial score (nSPS) is 21.2. The minimum absolute atomic E-state index is 0.00889. The molecule has 1 aromatic carbocycles. The van der Waals surface area contributed by atoms with Crippen LogP contribution in [0.3, 0.4) is 0 Å². The van der Waals surface area contributed by atoms with Gasteiger partial charge in [-0.1, -0.05) is 12.7 Å². The van der Waals surface area contributed by atoms with E-state index in [2.05, 4.69) is 17.1 Å². The summed E-state index contributed by atoms with van der Waals surface area (Å²) < 4.78 is 27.7. The molecule has 1 aliphatic rings. The van der Waals surface area contributed by atoms with Gasteiger partial charge in [0.1, 0.15) is 5.82 Å². The molecule has 108 valence electrons. The number of Topliss-reactive ketones (excluding diaryl/α,β-unsaturated/α-hetero) is 1. The third kappa shape index (κ3) is 2.89. The van der Waals surface area contributed by atoms with Crippen LogP contribution in [0.25, 0.3) is 0 Å². The number of nitrogens with two attached hydrogens (primary N) is 1. The fourth-order valence-electron chi connectivity index (χ4n) is 1.85. The Labute approximate surface area is 120 Å². The van der Waals surface area contributed by atoms with E-state index in [1.54, 1.807) is 13.0 Å². The van der Waals surface area contributed by atoms with Gasteiger partial charge >= 0.3 is 0 Å². The number of benzene rings is 1. The molecule has 4 nitrogen and oxygen atoms in total. The number of anilines is 1. The standard InChI is InChI=1S/C15H13F2N3O/c1-8-5-9(2)10(7-20-19-6-8)15(21)13-11(16)3-4-12(18)14(13)17/h3-7,20H,2,18H2,1H3/b8-5-,10-7+,19-6-. The molecule has 0 saturated carbocycles. The highest BCUT2D eigenvalue weighted by molar-refractivity contribution is 6.12. The molecule has 0 atom stereocenters. The molecule has 0 aliphatic carbocycles. The molecule has 0 amide bonds. The first-order valence-corrected chi connectivity index (χ1v) is 6.06. The van der Waals surface area contributed by atoms with Crippen molar-refractivity contribution in [1.82, 2.24) is 5.43 Å². The van der Waals surface area contributed by atoms with Gasteiger partial charge in [0.2, 0.25) is 5.78 Å². The number of carbonyl (C=O) groups excluding carboxylic acids is 1. The summed E-state index contributed by atoms with van der Waals surface area (Å²) in [5.41, 5.74) is 7.95. The molecular formula is C15H13F2N3O. The lowest BCUT2D eigenvalue weighted by atomic mass is 9.96. The van der Waals surface area contributed by atoms with Crippen molar-refractivity contribution in [2.24, 2.45) is 5.10 Å². The van der Waals surface area contributed by atoms with Crippen LogP contribution in [0.15, 0.2) is 52.8 Å². The van der Waals surface area contributed by atoms with Gasteiger partial charge in [-0.05, 0) is 30.2 Å². The molecule has 6 heteroatoms. The van der Waals surface area contributed by atoms with E-state index in [0.717, 1.165) is 17.7 Å². The van der Waals surface area contributed by atoms with E-state index in [-0.39, 0.29) is 11.3 Å². The topological polar surface area (TPSA) is 67.5 Å². The second-order valence-corrected chi connectivity index (χ2v) is 4.51. The summed E-state index contributed by atoms with van der Waals surface area (Å²) in [7, 11) is 0. The van der Waals surface area contributed by atoms with Crippen LogP contribution < -0.4 is 11.2 Å². The van der Waals surface area contributed by atoms with E-state index >= 15 is 0 Å². The lowest BCUT2D eigenvalue weighted by molar-refractivity contribution is 0.102. The van der Waals surface area contributed by atoms with Crippen molar-refractivity contribution in [2.75, 3.05) is 5.73 Å². The van der Waals surface area contributed by atoms with Gasteiger partial charge in [-0.15, -0.1) is 0 Å². The third-order valence-electron chi connectivity index (χ3n) is 2.89. The lowest BCUT2D eigenvalue weighted by Crippen LogP contribution is -2.14. The maximum atomic E-state index is 13.9. The van der Waals surface area contributed by atoms with Crippen LogP contribution in [0.2, 0.25) is 0 Å². The van der Waals surface area contributed by atoms with Crippen LogP contribution in [-0.4, -0.2) is 12.0 Å². The number of nitrogen functional groups attached to an aromatic ring is 1. The van der Waals surface area contributed by atoms with Gasteiger partial charge in [0.15, 0.2) is 5.82 Å². The average molecular weight is 289 g/mol. The van der Waals surface area contributed by atoms with Crippen LogP contribution in [-0.2, 0) is 0 Å². The van der Waals surface area contributed by atoms with Gasteiger partial charge in [-0.2, -0.15) is 5.10 Å². The van der Waals surface area contributed by atoms with Gasteiger partial charge in [0, 0.05) is 11.8 Å². The predicted molar refractivity (Wildman–Crippen MR) is 77.7 cm³/mol. The second kappa shape index (κ2) is 5.70. The SMILES string of the molecule is C=C1/C=C(C)\C=N/N/C=C\1C(=O)c1c(F)ccc(N)c1F. The highest BCUT2D eigenvalue weighted by Gasteiger charge is 2.24. The first kappa shape index (κ1) is 14.6. The second-order valence-electron chi connectivity index (χ2n) is 4.51. The maximum absolute atomic E-state index is 13.9. The van der Waals surface area contributed by atoms with E-state index in [4.69, 9.17) is 5.73 Å². The number of ketones is 1. The molecule has 2 rings (SSSR count). The summed E-state index contributed by atoms with van der Waals surface area (Å²) >= 11 is 0. The fraction of sp³-hybridized carbons (Fsp3) is 0.0667. The molecule has 1 aromatic rings. The van der Waals surface area contributed by atoms with E-state index in [1.807, 2.05) is 0 Å². The summed E-state index contributed by atoms with van der Waals surface area (Å²) in [6.07, 6.45) is 4.37. The van der Waals surface area contributed by atoms with Gasteiger partial charge < -0.3 is 5.73 Å². The summed E-state index contributed by atoms with van der Waals surface area (Å²) in [4.78, 5) is 12.4. The monoisotopic (exact) mass is 289 g/mol. The zero-order valence-electron chi connectivity index (χ0n) is 11.3. The Morgan fingerprint density at radius 2 is 2.10 bits per heavy atom. The number of hydrazone groups is 1. The van der Waals surface area contributed by atoms with Crippen molar-refractivity contribution in [2.45, 2.75) is 6.92 Å². The van der Waals surface area contributed by atoms with Crippen LogP contribution in [0, 0.1) is 11.6 Å². The molecule has 1 aliphatic heterocycles. The summed E-state index contributed by atoms with van der Waals surface area (Å²) in [5, 5.41) is 3.81. The molecule has 0 bridgehead atoms. The van der Waals surface area contributed by atoms with E-state index in [0.29, 0.717) is 5.57 Å². The number of hydrogen-bond acceptors (Lipinski definition) is 4. The van der Waals surface area contributed by atoms with Crippen molar-refractivity contribution in [3.63, 3.8) is 0 Å². The number of halogens is 2. The molecule has 1 heterocycles. The first-order valence-electron chi connectivity index (χ1n) is 6.06. The van der Waals surface area contributed by atoms with Crippen molar-refractivity contribution >= 4 is 17.7 Å². The number of hydrogen-bond donors (Lipinski definition) is 2. The summed E-state index contributed by atoms with van der Waals surface area (Å²) in [6.45, 7) is 5.49. The first-order chi connectivity index (χ1) is 9.91. The molecule has 0 unspecified atom stereocenters. The average Bonchev–Trinajstić information content (AvgIpc) is 2.41. The summed E-state index contributed by atoms with van der Waals surface area (Å²) in [5.74, 6) is -2.91. The quantitative estimate of drug-likeness (QED) is 0.649. The highest BCUT2D eigenvalue weighted by Crippen LogP contribution is 2.24. The Morgan fingerprint density at radius 1 is 1.38 bits per heavy atom. The largest absolute Gasteiger partial charge is 0.396 e. The van der Waals surface area contributed by atoms with E-state index in [1.165, 1.54) is 12.4 Å². The molecular weight excluding hydrogens is 276 g/mol. The third-order valence-corrected chi connectivity index (χ3v) is 2.89. The van der Waals surface area contributed by atoms with Gasteiger partial charge in [0.05, 0.1) is 17.5 Å². The van der Waals surface area contributed by atoms with Crippen molar-refractivity contribution in [3.8, 4) is 0 Å². The summed E-state index contributed by atoms with van der Waals surface area (Å²) in [6, 6.07) is 2.01. The van der Waals surface area contributed by atoms with Crippen LogP contribution in [0.4, 0.5) is 14.5 Å². The number of nitrogens with zero attached hydrogens (tertiary/aromatic N) is 1. The maximum Gasteiger partial charge on any atom is 0.201 e. The molecule has 0 radical (unpaired) electrons. The smallest absolute Gasteiger partial charge is 0.201 e. The van der Waals surface area contributed by atoms with E-state index in [9.17, 15) is 13.6 Å². The fourth-order valence-corrected chi connectivity index (χ4v) is 1.85.